The summed E-state index contributed by atoms with van der Waals surface area (Å²) < 4.78 is 36.4. The van der Waals surface area contributed by atoms with Crippen molar-refractivity contribution in [2.45, 2.75) is 23.8 Å². The Balaban J connectivity index is 1.87. The molecule has 0 bridgehead atoms. The van der Waals surface area contributed by atoms with Crippen LogP contribution in [0.3, 0.4) is 0 Å². The van der Waals surface area contributed by atoms with Gasteiger partial charge in [-0.1, -0.05) is 12.1 Å². The van der Waals surface area contributed by atoms with Crippen LogP contribution in [0.25, 0.3) is 0 Å². The number of benzene rings is 2. The molecule has 1 aliphatic rings. The average Bonchev–Trinajstić information content (AvgIpc) is 2.80. The molecule has 0 heterocycles. The minimum Gasteiger partial charge on any atom is -0.378 e. The predicted molar refractivity (Wildman–Crippen MR) is 80.6 cm³/mol. The van der Waals surface area contributed by atoms with Gasteiger partial charge in [-0.3, -0.25) is 0 Å². The highest BCUT2D eigenvalue weighted by atomic mass is 32.2. The summed E-state index contributed by atoms with van der Waals surface area (Å²) in [6, 6.07) is 11.7. The Bertz CT molecular complexity index is 787. The van der Waals surface area contributed by atoms with Gasteiger partial charge in [0.25, 0.3) is 0 Å². The molecule has 0 amide bonds. The van der Waals surface area contributed by atoms with Crippen LogP contribution in [-0.4, -0.2) is 14.7 Å². The molecular formula is C16H16FNO2S. The van der Waals surface area contributed by atoms with Gasteiger partial charge in [-0.05, 0) is 54.3 Å². The smallest absolute Gasteiger partial charge is 0.175 e. The molecule has 110 valence electrons. The first kappa shape index (κ1) is 14.1. The van der Waals surface area contributed by atoms with Gasteiger partial charge < -0.3 is 5.32 Å². The molecule has 2 aromatic carbocycles. The Labute approximate surface area is 123 Å². The SMILES string of the molecule is CS(=O)(=O)c1cccc(NC2CCc3cc(F)ccc32)c1. The first-order valence-corrected chi connectivity index (χ1v) is 8.67. The number of anilines is 1. The molecule has 3 rings (SSSR count). The summed E-state index contributed by atoms with van der Waals surface area (Å²) in [5.74, 6) is -0.214. The number of nitrogens with one attached hydrogen (secondary N) is 1. The number of rotatable bonds is 3. The van der Waals surface area contributed by atoms with E-state index >= 15 is 0 Å². The number of fused-ring (bicyclic) bond motifs is 1. The minimum atomic E-state index is -3.21. The fraction of sp³-hybridized carbons (Fsp3) is 0.250. The van der Waals surface area contributed by atoms with Gasteiger partial charge in [0.05, 0.1) is 10.9 Å². The number of hydrogen-bond acceptors (Lipinski definition) is 3. The summed E-state index contributed by atoms with van der Waals surface area (Å²) in [6.07, 6.45) is 2.90. The topological polar surface area (TPSA) is 46.2 Å². The second-order valence-corrected chi connectivity index (χ2v) is 7.39. The van der Waals surface area contributed by atoms with Crippen LogP contribution < -0.4 is 5.32 Å². The Kier molecular flexibility index (Phi) is 3.45. The maximum absolute atomic E-state index is 13.2. The van der Waals surface area contributed by atoms with E-state index in [0.29, 0.717) is 4.90 Å². The second kappa shape index (κ2) is 5.15. The van der Waals surface area contributed by atoms with Gasteiger partial charge in [0.15, 0.2) is 9.84 Å². The van der Waals surface area contributed by atoms with Crippen molar-refractivity contribution in [3.8, 4) is 0 Å². The van der Waals surface area contributed by atoms with Gasteiger partial charge in [0, 0.05) is 11.9 Å². The first-order chi connectivity index (χ1) is 9.93. The van der Waals surface area contributed by atoms with E-state index < -0.39 is 9.84 Å². The largest absolute Gasteiger partial charge is 0.378 e. The lowest BCUT2D eigenvalue weighted by atomic mass is 10.1. The molecule has 0 aromatic heterocycles. The summed E-state index contributed by atoms with van der Waals surface area (Å²) in [5.41, 5.74) is 2.87. The molecule has 1 N–H and O–H groups in total. The number of halogens is 1. The lowest BCUT2D eigenvalue weighted by Crippen LogP contribution is -2.08. The maximum Gasteiger partial charge on any atom is 0.175 e. The third-order valence-electron chi connectivity index (χ3n) is 3.79. The molecule has 1 aliphatic carbocycles. The van der Waals surface area contributed by atoms with Crippen molar-refractivity contribution in [2.24, 2.45) is 0 Å². The van der Waals surface area contributed by atoms with Crippen molar-refractivity contribution < 1.29 is 12.8 Å². The molecule has 0 fully saturated rings. The lowest BCUT2D eigenvalue weighted by molar-refractivity contribution is 0.602. The van der Waals surface area contributed by atoms with Crippen LogP contribution in [0.4, 0.5) is 10.1 Å². The zero-order valence-electron chi connectivity index (χ0n) is 11.6. The van der Waals surface area contributed by atoms with E-state index in [2.05, 4.69) is 5.32 Å². The van der Waals surface area contributed by atoms with Crippen LogP contribution in [0.15, 0.2) is 47.4 Å². The number of sulfone groups is 1. The molecule has 0 saturated carbocycles. The standard InChI is InChI=1S/C16H16FNO2S/c1-21(19,20)14-4-2-3-13(10-14)18-16-8-5-11-9-12(17)6-7-15(11)16/h2-4,6-7,9-10,16,18H,5,8H2,1H3. The van der Waals surface area contributed by atoms with Crippen LogP contribution in [0, 0.1) is 5.82 Å². The van der Waals surface area contributed by atoms with Crippen molar-refractivity contribution in [3.05, 3.63) is 59.4 Å². The van der Waals surface area contributed by atoms with Crippen LogP contribution in [-0.2, 0) is 16.3 Å². The van der Waals surface area contributed by atoms with E-state index in [0.717, 1.165) is 29.7 Å². The molecule has 0 radical (unpaired) electrons. The van der Waals surface area contributed by atoms with E-state index in [1.165, 1.54) is 12.3 Å². The quantitative estimate of drug-likeness (QED) is 0.946. The van der Waals surface area contributed by atoms with Crippen molar-refractivity contribution in [2.75, 3.05) is 11.6 Å². The van der Waals surface area contributed by atoms with E-state index in [1.807, 2.05) is 6.07 Å². The molecule has 0 spiro atoms. The van der Waals surface area contributed by atoms with Gasteiger partial charge in [0.1, 0.15) is 5.82 Å². The zero-order valence-corrected chi connectivity index (χ0v) is 12.5. The van der Waals surface area contributed by atoms with E-state index in [1.54, 1.807) is 30.3 Å². The van der Waals surface area contributed by atoms with E-state index in [4.69, 9.17) is 0 Å². The van der Waals surface area contributed by atoms with Gasteiger partial charge in [-0.25, -0.2) is 12.8 Å². The normalized spacial score (nSPS) is 17.5. The number of aryl methyl sites for hydroxylation is 1. The van der Waals surface area contributed by atoms with Gasteiger partial charge >= 0.3 is 0 Å². The molecule has 1 atom stereocenters. The highest BCUT2D eigenvalue weighted by molar-refractivity contribution is 7.90. The Morgan fingerprint density at radius 3 is 2.76 bits per heavy atom. The molecule has 2 aromatic rings. The molecular weight excluding hydrogens is 289 g/mol. The molecule has 0 saturated heterocycles. The summed E-state index contributed by atoms with van der Waals surface area (Å²) in [5, 5.41) is 3.34. The summed E-state index contributed by atoms with van der Waals surface area (Å²) >= 11 is 0. The summed E-state index contributed by atoms with van der Waals surface area (Å²) in [7, 11) is -3.21. The predicted octanol–water partition coefficient (Wildman–Crippen LogP) is 3.33. The highest BCUT2D eigenvalue weighted by Crippen LogP contribution is 2.34. The second-order valence-electron chi connectivity index (χ2n) is 5.38. The fourth-order valence-electron chi connectivity index (χ4n) is 2.75. The van der Waals surface area contributed by atoms with Crippen LogP contribution in [0.5, 0.6) is 0 Å². The Morgan fingerprint density at radius 1 is 1.19 bits per heavy atom. The van der Waals surface area contributed by atoms with Crippen molar-refractivity contribution >= 4 is 15.5 Å². The van der Waals surface area contributed by atoms with Gasteiger partial charge in [-0.15, -0.1) is 0 Å². The third-order valence-corrected chi connectivity index (χ3v) is 4.90. The van der Waals surface area contributed by atoms with Crippen LogP contribution >= 0.6 is 0 Å². The van der Waals surface area contributed by atoms with E-state index in [-0.39, 0.29) is 11.9 Å². The monoisotopic (exact) mass is 305 g/mol. The van der Waals surface area contributed by atoms with Crippen LogP contribution in [0.1, 0.15) is 23.6 Å². The first-order valence-electron chi connectivity index (χ1n) is 6.78. The Morgan fingerprint density at radius 2 is 2.00 bits per heavy atom. The minimum absolute atomic E-state index is 0.0930. The summed E-state index contributed by atoms with van der Waals surface area (Å²) in [6.45, 7) is 0. The van der Waals surface area contributed by atoms with Gasteiger partial charge in [0.2, 0.25) is 0 Å². The molecule has 5 heteroatoms. The summed E-state index contributed by atoms with van der Waals surface area (Å²) in [4.78, 5) is 0.296. The maximum atomic E-state index is 13.2. The van der Waals surface area contributed by atoms with Gasteiger partial charge in [-0.2, -0.15) is 0 Å². The molecule has 0 aliphatic heterocycles. The lowest BCUT2D eigenvalue weighted by Gasteiger charge is -2.16. The number of hydrogen-bond donors (Lipinski definition) is 1. The molecule has 3 nitrogen and oxygen atoms in total. The third kappa shape index (κ3) is 2.93. The Hall–Kier alpha value is -1.88. The fourth-order valence-corrected chi connectivity index (χ4v) is 3.42. The van der Waals surface area contributed by atoms with Crippen molar-refractivity contribution in [3.63, 3.8) is 0 Å². The van der Waals surface area contributed by atoms with Crippen LogP contribution in [0.2, 0.25) is 0 Å². The molecule has 21 heavy (non-hydrogen) atoms. The average molecular weight is 305 g/mol. The van der Waals surface area contributed by atoms with Crippen molar-refractivity contribution in [1.29, 1.82) is 0 Å². The zero-order chi connectivity index (χ0) is 15.0. The van der Waals surface area contributed by atoms with E-state index in [9.17, 15) is 12.8 Å². The highest BCUT2D eigenvalue weighted by Gasteiger charge is 2.22. The molecule has 1 unspecified atom stereocenters. The van der Waals surface area contributed by atoms with Crippen molar-refractivity contribution in [1.82, 2.24) is 0 Å².